The SMILES string of the molecule is COc1cc(N2C(=S)N[C@H](c3ccccn3)[C@H]2c2cc(C)n(-c3cccnc3)c2C)ccc1NS(C)(=O)=O. The predicted molar refractivity (Wildman–Crippen MR) is 152 cm³/mol. The van der Waals surface area contributed by atoms with Gasteiger partial charge in [-0.25, -0.2) is 8.42 Å². The maximum atomic E-state index is 11.9. The summed E-state index contributed by atoms with van der Waals surface area (Å²) in [7, 11) is -1.98. The zero-order valence-corrected chi connectivity index (χ0v) is 23.0. The molecule has 1 saturated heterocycles. The minimum atomic E-state index is -3.48. The molecule has 0 amide bonds. The number of rotatable bonds is 7. The van der Waals surface area contributed by atoms with Gasteiger partial charge in [0.05, 0.1) is 48.7 Å². The summed E-state index contributed by atoms with van der Waals surface area (Å²) < 4.78 is 34.0. The molecule has 0 spiro atoms. The maximum Gasteiger partial charge on any atom is 0.229 e. The number of hydrogen-bond donors (Lipinski definition) is 2. The van der Waals surface area contributed by atoms with Gasteiger partial charge in [-0.1, -0.05) is 6.07 Å². The molecule has 9 nitrogen and oxygen atoms in total. The summed E-state index contributed by atoms with van der Waals surface area (Å²) in [6.07, 6.45) is 6.47. The van der Waals surface area contributed by atoms with Crippen molar-refractivity contribution in [1.29, 1.82) is 0 Å². The van der Waals surface area contributed by atoms with Crippen LogP contribution >= 0.6 is 12.2 Å². The van der Waals surface area contributed by atoms with Gasteiger partial charge in [-0.3, -0.25) is 14.7 Å². The fourth-order valence-corrected chi connectivity index (χ4v) is 5.95. The highest BCUT2D eigenvalue weighted by molar-refractivity contribution is 7.92. The lowest BCUT2D eigenvalue weighted by Gasteiger charge is -2.29. The van der Waals surface area contributed by atoms with Crippen molar-refractivity contribution in [3.63, 3.8) is 0 Å². The molecular formula is C27H28N6O3S2. The van der Waals surface area contributed by atoms with Gasteiger partial charge in [-0.05, 0) is 74.1 Å². The molecule has 196 valence electrons. The van der Waals surface area contributed by atoms with Crippen molar-refractivity contribution in [2.45, 2.75) is 25.9 Å². The highest BCUT2D eigenvalue weighted by atomic mass is 32.2. The Morgan fingerprint density at radius 3 is 2.53 bits per heavy atom. The molecule has 1 aromatic carbocycles. The Kier molecular flexibility index (Phi) is 6.80. The largest absolute Gasteiger partial charge is 0.494 e. The minimum Gasteiger partial charge on any atom is -0.494 e. The van der Waals surface area contributed by atoms with E-state index >= 15 is 0 Å². The summed E-state index contributed by atoms with van der Waals surface area (Å²) in [5.41, 5.74) is 6.13. The van der Waals surface area contributed by atoms with Crippen LogP contribution in [0.3, 0.4) is 0 Å². The number of sulfonamides is 1. The Bertz CT molecular complexity index is 1590. The molecule has 5 rings (SSSR count). The lowest BCUT2D eigenvalue weighted by molar-refractivity contribution is 0.417. The second-order valence-electron chi connectivity index (χ2n) is 9.13. The van der Waals surface area contributed by atoms with E-state index in [-0.39, 0.29) is 12.1 Å². The van der Waals surface area contributed by atoms with Crippen LogP contribution in [0.1, 0.15) is 34.7 Å². The molecule has 0 radical (unpaired) electrons. The summed E-state index contributed by atoms with van der Waals surface area (Å²) in [6.45, 7) is 4.16. The van der Waals surface area contributed by atoms with Gasteiger partial charge in [0, 0.05) is 35.5 Å². The summed E-state index contributed by atoms with van der Waals surface area (Å²) in [6, 6.07) is 16.8. The lowest BCUT2D eigenvalue weighted by Crippen LogP contribution is -2.29. The predicted octanol–water partition coefficient (Wildman–Crippen LogP) is 4.44. The lowest BCUT2D eigenvalue weighted by atomic mass is 9.96. The van der Waals surface area contributed by atoms with Crippen molar-refractivity contribution in [2.24, 2.45) is 0 Å². The van der Waals surface area contributed by atoms with Gasteiger partial charge >= 0.3 is 0 Å². The molecule has 2 N–H and O–H groups in total. The van der Waals surface area contributed by atoms with Gasteiger partial charge in [-0.15, -0.1) is 0 Å². The van der Waals surface area contributed by atoms with Gasteiger partial charge in [0.15, 0.2) is 5.11 Å². The molecule has 0 bridgehead atoms. The topological polar surface area (TPSA) is 101 Å². The maximum absolute atomic E-state index is 11.9. The third-order valence-corrected chi connectivity index (χ3v) is 7.46. The molecule has 4 heterocycles. The van der Waals surface area contributed by atoms with Crippen molar-refractivity contribution in [2.75, 3.05) is 23.0 Å². The average Bonchev–Trinajstić information content (AvgIpc) is 3.39. The van der Waals surface area contributed by atoms with Gasteiger partial charge < -0.3 is 19.5 Å². The number of aromatic nitrogens is 3. The normalized spacial score (nSPS) is 17.4. The smallest absolute Gasteiger partial charge is 0.229 e. The molecular weight excluding hydrogens is 520 g/mol. The van der Waals surface area contributed by atoms with Crippen LogP contribution < -0.4 is 19.7 Å². The molecule has 0 saturated carbocycles. The molecule has 1 aliphatic rings. The fraction of sp³-hybridized carbons (Fsp3) is 0.222. The number of benzene rings is 1. The molecule has 1 fully saturated rings. The van der Waals surface area contributed by atoms with E-state index in [4.69, 9.17) is 17.0 Å². The van der Waals surface area contributed by atoms with Crippen LogP contribution in [-0.2, 0) is 10.0 Å². The zero-order valence-electron chi connectivity index (χ0n) is 21.4. The Morgan fingerprint density at radius 1 is 1.05 bits per heavy atom. The van der Waals surface area contributed by atoms with Crippen LogP contribution in [0.4, 0.5) is 11.4 Å². The van der Waals surface area contributed by atoms with Gasteiger partial charge in [0.25, 0.3) is 0 Å². The van der Waals surface area contributed by atoms with E-state index < -0.39 is 10.0 Å². The van der Waals surface area contributed by atoms with E-state index in [1.807, 2.05) is 47.5 Å². The first-order chi connectivity index (χ1) is 18.2. The van der Waals surface area contributed by atoms with E-state index in [2.05, 4.69) is 44.5 Å². The highest BCUT2D eigenvalue weighted by Gasteiger charge is 2.42. The molecule has 4 aromatic rings. The Labute approximate surface area is 227 Å². The molecule has 0 aliphatic carbocycles. The molecule has 2 atom stereocenters. The van der Waals surface area contributed by atoms with Crippen LogP contribution in [-0.4, -0.2) is 41.4 Å². The first kappa shape index (κ1) is 25.7. The van der Waals surface area contributed by atoms with Crippen LogP contribution in [0.25, 0.3) is 5.69 Å². The second kappa shape index (κ2) is 10.1. The molecule has 0 unspecified atom stereocenters. The number of hydrogen-bond acceptors (Lipinski definition) is 6. The first-order valence-electron chi connectivity index (χ1n) is 11.9. The van der Waals surface area contributed by atoms with Crippen LogP contribution in [0.15, 0.2) is 73.2 Å². The summed E-state index contributed by atoms with van der Waals surface area (Å²) in [5, 5.41) is 4.00. The van der Waals surface area contributed by atoms with Crippen LogP contribution in [0.5, 0.6) is 5.75 Å². The number of methoxy groups -OCH3 is 1. The quantitative estimate of drug-likeness (QED) is 0.327. The minimum absolute atomic E-state index is 0.230. The highest BCUT2D eigenvalue weighted by Crippen LogP contribution is 2.45. The van der Waals surface area contributed by atoms with Crippen molar-refractivity contribution in [1.82, 2.24) is 19.9 Å². The molecule has 1 aliphatic heterocycles. The van der Waals surface area contributed by atoms with Gasteiger partial charge in [0.1, 0.15) is 5.75 Å². The Hall–Kier alpha value is -3.96. The summed E-state index contributed by atoms with van der Waals surface area (Å²) >= 11 is 5.87. The van der Waals surface area contributed by atoms with E-state index in [9.17, 15) is 8.42 Å². The number of ether oxygens (including phenoxy) is 1. The molecule has 38 heavy (non-hydrogen) atoms. The first-order valence-corrected chi connectivity index (χ1v) is 14.2. The number of nitrogens with zero attached hydrogens (tertiary/aromatic N) is 4. The number of aryl methyl sites for hydroxylation is 1. The average molecular weight is 549 g/mol. The van der Waals surface area contributed by atoms with E-state index in [1.165, 1.54) is 7.11 Å². The van der Waals surface area contributed by atoms with Crippen molar-refractivity contribution in [3.05, 3.63) is 95.8 Å². The number of thiocarbonyl (C=S) groups is 1. The van der Waals surface area contributed by atoms with Crippen molar-refractivity contribution in [3.8, 4) is 11.4 Å². The number of anilines is 2. The van der Waals surface area contributed by atoms with E-state index in [0.29, 0.717) is 16.5 Å². The number of nitrogens with one attached hydrogen (secondary N) is 2. The van der Waals surface area contributed by atoms with Crippen molar-refractivity contribution >= 4 is 38.7 Å². The second-order valence-corrected chi connectivity index (χ2v) is 11.3. The zero-order chi connectivity index (χ0) is 27.0. The summed E-state index contributed by atoms with van der Waals surface area (Å²) in [5.74, 6) is 0.386. The monoisotopic (exact) mass is 548 g/mol. The molecule has 3 aromatic heterocycles. The van der Waals surface area contributed by atoms with Crippen LogP contribution in [0, 0.1) is 13.8 Å². The number of pyridine rings is 2. The fourth-order valence-electron chi connectivity index (χ4n) is 5.03. The summed E-state index contributed by atoms with van der Waals surface area (Å²) in [4.78, 5) is 11.0. The third kappa shape index (κ3) is 4.82. The van der Waals surface area contributed by atoms with E-state index in [0.717, 1.165) is 40.3 Å². The van der Waals surface area contributed by atoms with Crippen molar-refractivity contribution < 1.29 is 13.2 Å². The third-order valence-electron chi connectivity index (χ3n) is 6.55. The standard InChI is InChI=1S/C27H28N6O3S2/c1-17-14-21(18(2)32(17)20-8-7-12-28-16-20)26-25(23-9-5-6-13-29-23)30-27(37)33(26)19-10-11-22(24(15-19)36-3)31-38(4,34)35/h5-16,25-26,31H,1-4H3,(H,30,37)/t25-,26-/m1/s1. The Balaban J connectivity index is 1.66. The van der Waals surface area contributed by atoms with Gasteiger partial charge in [0.2, 0.25) is 10.0 Å². The Morgan fingerprint density at radius 2 is 1.87 bits per heavy atom. The molecule has 11 heteroatoms. The van der Waals surface area contributed by atoms with Crippen LogP contribution in [0.2, 0.25) is 0 Å². The van der Waals surface area contributed by atoms with Gasteiger partial charge in [-0.2, -0.15) is 0 Å². The van der Waals surface area contributed by atoms with E-state index in [1.54, 1.807) is 24.5 Å².